The van der Waals surface area contributed by atoms with Crippen molar-refractivity contribution in [2.24, 2.45) is 11.8 Å². The molecular formula is C28H34F7N3O4. The molecule has 1 saturated carbocycles. The molecule has 1 aliphatic carbocycles. The first-order valence-corrected chi connectivity index (χ1v) is 14.4. The normalized spacial score (nSPS) is 26.6. The first-order valence-electron chi connectivity index (χ1n) is 14.4. The summed E-state index contributed by atoms with van der Waals surface area (Å²) in [6.45, 7) is 1.71. The Kier molecular flexibility index (Phi) is 8.94. The van der Waals surface area contributed by atoms with E-state index in [-0.39, 0.29) is 49.8 Å². The van der Waals surface area contributed by atoms with Crippen LogP contribution in [0.15, 0.2) is 0 Å². The topological polar surface area (TPSA) is 71.1 Å². The molecule has 3 heterocycles. The molecule has 234 valence electrons. The molecule has 1 unspecified atom stereocenters. The van der Waals surface area contributed by atoms with Crippen LogP contribution in [0.25, 0.3) is 0 Å². The summed E-state index contributed by atoms with van der Waals surface area (Å²) in [7, 11) is 0. The summed E-state index contributed by atoms with van der Waals surface area (Å²) in [6, 6.07) is 0. The van der Waals surface area contributed by atoms with Crippen molar-refractivity contribution in [2.45, 2.75) is 75.8 Å². The number of likely N-dealkylation sites (tertiary alicyclic amines) is 1. The lowest BCUT2D eigenvalue weighted by atomic mass is 9.81. The van der Waals surface area contributed by atoms with Crippen LogP contribution in [0.2, 0.25) is 0 Å². The standard InChI is InChI=1S/C28H34F7N3O4/c29-21-19(22(30)24(32)20(23(21)31)28(33,34)35)14-37-9-7-27(8-10-37)15-38(26(40)42-27)13-16-3-5-17(6-4-16)25(39)36-12-18-2-1-11-41-18/h16-18H,1-15H2,(H,36,39). The molecule has 5 rings (SSSR count). The van der Waals surface area contributed by atoms with Gasteiger partial charge in [-0.1, -0.05) is 0 Å². The van der Waals surface area contributed by atoms with Gasteiger partial charge in [0.1, 0.15) is 11.2 Å². The van der Waals surface area contributed by atoms with E-state index in [0.717, 1.165) is 45.1 Å². The van der Waals surface area contributed by atoms with Gasteiger partial charge in [-0.2, -0.15) is 13.2 Å². The van der Waals surface area contributed by atoms with Crippen LogP contribution in [0, 0.1) is 35.1 Å². The first kappa shape index (κ1) is 30.8. The van der Waals surface area contributed by atoms with Crippen LogP contribution < -0.4 is 5.32 Å². The molecule has 2 amide bonds. The molecule has 3 aliphatic heterocycles. The van der Waals surface area contributed by atoms with E-state index in [1.165, 1.54) is 4.90 Å². The molecule has 1 atom stereocenters. The zero-order valence-corrected chi connectivity index (χ0v) is 23.0. The molecule has 0 bridgehead atoms. The summed E-state index contributed by atoms with van der Waals surface area (Å²) in [5.74, 6) is -8.91. The molecule has 4 fully saturated rings. The van der Waals surface area contributed by atoms with Gasteiger partial charge in [-0.3, -0.25) is 9.69 Å². The van der Waals surface area contributed by atoms with Crippen LogP contribution in [-0.4, -0.2) is 72.8 Å². The number of alkyl halides is 3. The zero-order chi connectivity index (χ0) is 30.2. The second kappa shape index (κ2) is 12.2. The summed E-state index contributed by atoms with van der Waals surface area (Å²) < 4.78 is 107. The van der Waals surface area contributed by atoms with Gasteiger partial charge in [-0.25, -0.2) is 22.4 Å². The number of halogens is 7. The molecule has 7 nitrogen and oxygen atoms in total. The highest BCUT2D eigenvalue weighted by molar-refractivity contribution is 5.78. The van der Waals surface area contributed by atoms with Crippen LogP contribution in [0.4, 0.5) is 35.5 Å². The Bertz CT molecular complexity index is 1150. The van der Waals surface area contributed by atoms with E-state index in [9.17, 15) is 40.3 Å². The summed E-state index contributed by atoms with van der Waals surface area (Å²) in [6.07, 6.45) is -0.421. The van der Waals surface area contributed by atoms with E-state index in [2.05, 4.69) is 5.32 Å². The van der Waals surface area contributed by atoms with Crippen molar-refractivity contribution >= 4 is 12.0 Å². The lowest BCUT2D eigenvalue weighted by Gasteiger charge is -2.37. The van der Waals surface area contributed by atoms with Crippen molar-refractivity contribution in [2.75, 3.05) is 39.3 Å². The third-order valence-corrected chi connectivity index (χ3v) is 9.05. The Morgan fingerprint density at radius 2 is 1.60 bits per heavy atom. The second-order valence-electron chi connectivity index (χ2n) is 11.9. The Balaban J connectivity index is 1.10. The van der Waals surface area contributed by atoms with Crippen molar-refractivity contribution in [1.82, 2.24) is 15.1 Å². The lowest BCUT2D eigenvalue weighted by molar-refractivity contribution is -0.143. The number of rotatable bonds is 7. The van der Waals surface area contributed by atoms with Gasteiger partial charge in [0, 0.05) is 63.7 Å². The van der Waals surface area contributed by atoms with Gasteiger partial charge in [-0.15, -0.1) is 0 Å². The average Bonchev–Trinajstić information content (AvgIpc) is 3.57. The van der Waals surface area contributed by atoms with Gasteiger partial charge in [-0.05, 0) is 44.4 Å². The number of hydrogen-bond donors (Lipinski definition) is 1. The van der Waals surface area contributed by atoms with Crippen molar-refractivity contribution in [3.8, 4) is 0 Å². The van der Waals surface area contributed by atoms with Crippen molar-refractivity contribution in [1.29, 1.82) is 0 Å². The quantitative estimate of drug-likeness (QED) is 0.342. The van der Waals surface area contributed by atoms with Gasteiger partial charge in [0.2, 0.25) is 5.91 Å². The third kappa shape index (κ3) is 6.48. The Morgan fingerprint density at radius 3 is 2.17 bits per heavy atom. The van der Waals surface area contributed by atoms with Gasteiger partial charge in [0.05, 0.1) is 12.6 Å². The minimum absolute atomic E-state index is 0.0387. The van der Waals surface area contributed by atoms with Crippen molar-refractivity contribution in [3.05, 3.63) is 34.4 Å². The van der Waals surface area contributed by atoms with E-state index in [1.54, 1.807) is 4.90 Å². The Morgan fingerprint density at radius 1 is 0.952 bits per heavy atom. The van der Waals surface area contributed by atoms with E-state index in [4.69, 9.17) is 9.47 Å². The number of carbonyl (C=O) groups is 2. The average molecular weight is 610 g/mol. The number of hydrogen-bond acceptors (Lipinski definition) is 5. The SMILES string of the molecule is O=C(NCC1CCCO1)C1CCC(CN2CC3(CCN(Cc4c(F)c(F)c(C(F)(F)F)c(F)c4F)CC3)OC2=O)CC1. The maximum Gasteiger partial charge on any atom is 0.422 e. The van der Waals surface area contributed by atoms with E-state index < -0.39 is 58.8 Å². The number of piperidine rings is 1. The number of ether oxygens (including phenoxy) is 2. The largest absolute Gasteiger partial charge is 0.441 e. The molecule has 1 spiro atoms. The summed E-state index contributed by atoms with van der Waals surface area (Å²) in [4.78, 5) is 28.3. The molecule has 42 heavy (non-hydrogen) atoms. The van der Waals surface area contributed by atoms with E-state index >= 15 is 0 Å². The monoisotopic (exact) mass is 609 g/mol. The van der Waals surface area contributed by atoms with Crippen LogP contribution in [0.1, 0.15) is 62.5 Å². The fourth-order valence-corrected chi connectivity index (χ4v) is 6.58. The first-order chi connectivity index (χ1) is 19.9. The maximum absolute atomic E-state index is 14.4. The smallest absolute Gasteiger partial charge is 0.422 e. The molecule has 1 aromatic rings. The minimum atomic E-state index is -5.59. The van der Waals surface area contributed by atoms with E-state index in [1.807, 2.05) is 0 Å². The molecule has 1 aromatic carbocycles. The molecule has 0 radical (unpaired) electrons. The number of amides is 2. The maximum atomic E-state index is 14.4. The van der Waals surface area contributed by atoms with Gasteiger partial charge >= 0.3 is 12.3 Å². The fourth-order valence-electron chi connectivity index (χ4n) is 6.58. The van der Waals surface area contributed by atoms with Gasteiger partial charge < -0.3 is 19.7 Å². The number of nitrogens with one attached hydrogen (secondary N) is 1. The van der Waals surface area contributed by atoms with Crippen LogP contribution >= 0.6 is 0 Å². The number of nitrogens with zero attached hydrogens (tertiary/aromatic N) is 2. The lowest BCUT2D eigenvalue weighted by Crippen LogP contribution is -2.47. The highest BCUT2D eigenvalue weighted by atomic mass is 19.4. The molecular weight excluding hydrogens is 575 g/mol. The Labute approximate surface area is 238 Å². The van der Waals surface area contributed by atoms with Crippen LogP contribution in [-0.2, 0) is 27.0 Å². The summed E-state index contributed by atoms with van der Waals surface area (Å²) in [5, 5.41) is 2.99. The third-order valence-electron chi connectivity index (χ3n) is 9.05. The predicted octanol–water partition coefficient (Wildman–Crippen LogP) is 5.15. The molecule has 1 N–H and O–H groups in total. The fraction of sp³-hybridized carbons (Fsp3) is 0.714. The van der Waals surface area contributed by atoms with Crippen molar-refractivity contribution < 1.29 is 49.8 Å². The Hall–Kier alpha value is -2.61. The molecule has 4 aliphatic rings. The number of benzene rings is 1. The molecule has 0 aromatic heterocycles. The minimum Gasteiger partial charge on any atom is -0.441 e. The van der Waals surface area contributed by atoms with Gasteiger partial charge in [0.15, 0.2) is 23.3 Å². The number of carbonyl (C=O) groups excluding carboxylic acids is 2. The summed E-state index contributed by atoms with van der Waals surface area (Å²) in [5.41, 5.74) is -4.54. The van der Waals surface area contributed by atoms with Crippen LogP contribution in [0.5, 0.6) is 0 Å². The highest BCUT2D eigenvalue weighted by Crippen LogP contribution is 2.39. The molecule has 14 heteroatoms. The van der Waals surface area contributed by atoms with E-state index in [0.29, 0.717) is 19.6 Å². The highest BCUT2D eigenvalue weighted by Gasteiger charge is 2.48. The second-order valence-corrected chi connectivity index (χ2v) is 11.9. The summed E-state index contributed by atoms with van der Waals surface area (Å²) >= 11 is 0. The zero-order valence-electron chi connectivity index (χ0n) is 23.0. The van der Waals surface area contributed by atoms with Crippen molar-refractivity contribution in [3.63, 3.8) is 0 Å². The van der Waals surface area contributed by atoms with Crippen LogP contribution in [0.3, 0.4) is 0 Å². The van der Waals surface area contributed by atoms with Gasteiger partial charge in [0.25, 0.3) is 0 Å². The predicted molar refractivity (Wildman–Crippen MR) is 134 cm³/mol. The molecule has 3 saturated heterocycles.